The Kier molecular flexibility index (Phi) is 5.80. The van der Waals surface area contributed by atoms with Crippen molar-refractivity contribution in [2.24, 2.45) is 5.73 Å². The highest BCUT2D eigenvalue weighted by Gasteiger charge is 2.33. The lowest BCUT2D eigenvalue weighted by Gasteiger charge is -2.33. The molecule has 0 amide bonds. The first-order valence-electron chi connectivity index (χ1n) is 7.45. The highest BCUT2D eigenvalue weighted by atomic mass is 35.5. The first-order chi connectivity index (χ1) is 10.6. The predicted octanol–water partition coefficient (Wildman–Crippen LogP) is 1.80. The molecule has 1 aromatic heterocycles. The van der Waals surface area contributed by atoms with Crippen molar-refractivity contribution < 1.29 is 8.42 Å². The Balaban J connectivity index is 0.00000192. The van der Waals surface area contributed by atoms with Gasteiger partial charge in [0, 0.05) is 19.1 Å². The van der Waals surface area contributed by atoms with Gasteiger partial charge in [0.2, 0.25) is 10.0 Å². The van der Waals surface area contributed by atoms with E-state index in [1.165, 1.54) is 10.5 Å². The fourth-order valence-corrected chi connectivity index (χ4v) is 4.46. The summed E-state index contributed by atoms with van der Waals surface area (Å²) in [6.07, 6.45) is 5.69. The largest absolute Gasteiger partial charge is 0.329 e. The highest BCUT2D eigenvalue weighted by molar-refractivity contribution is 7.89. The zero-order valence-corrected chi connectivity index (χ0v) is 14.3. The number of nitrogens with zero attached hydrogens (tertiary/aromatic N) is 3. The first-order valence-corrected chi connectivity index (χ1v) is 8.89. The second-order valence-electron chi connectivity index (χ2n) is 5.46. The van der Waals surface area contributed by atoms with Crippen molar-refractivity contribution in [2.45, 2.75) is 30.2 Å². The van der Waals surface area contributed by atoms with Crippen molar-refractivity contribution in [3.05, 3.63) is 42.7 Å². The van der Waals surface area contributed by atoms with Crippen molar-refractivity contribution in [2.75, 3.05) is 13.1 Å². The minimum atomic E-state index is -3.54. The monoisotopic (exact) mass is 356 g/mol. The van der Waals surface area contributed by atoms with E-state index in [4.69, 9.17) is 5.73 Å². The molecule has 126 valence electrons. The average molecular weight is 357 g/mol. The first kappa shape index (κ1) is 17.9. The molecule has 2 aromatic rings. The number of nitrogens with two attached hydrogens (primary N) is 1. The van der Waals surface area contributed by atoms with Crippen LogP contribution in [0.3, 0.4) is 0 Å². The Labute approximate surface area is 142 Å². The van der Waals surface area contributed by atoms with Gasteiger partial charge >= 0.3 is 0 Å². The van der Waals surface area contributed by atoms with Crippen LogP contribution >= 0.6 is 12.4 Å². The smallest absolute Gasteiger partial charge is 0.246 e. The van der Waals surface area contributed by atoms with Gasteiger partial charge in [-0.1, -0.05) is 24.6 Å². The number of rotatable bonds is 4. The quantitative estimate of drug-likeness (QED) is 0.905. The Morgan fingerprint density at radius 1 is 1.22 bits per heavy atom. The molecule has 0 aliphatic carbocycles. The number of benzene rings is 1. The van der Waals surface area contributed by atoms with Gasteiger partial charge < -0.3 is 5.73 Å². The molecule has 0 spiro atoms. The standard InChI is InChI=1S/C15H20N4O2S.ClH/c16-10-14-8-4-5-9-19(14)22(20,21)15-11-17-18(12-15)13-6-2-1-3-7-13;/h1-3,6-7,11-12,14H,4-5,8-10,16H2;1H. The molecule has 8 heteroatoms. The Morgan fingerprint density at radius 3 is 2.65 bits per heavy atom. The summed E-state index contributed by atoms with van der Waals surface area (Å²) in [5, 5.41) is 4.18. The number of sulfonamides is 1. The van der Waals surface area contributed by atoms with Gasteiger partial charge in [-0.2, -0.15) is 9.40 Å². The molecule has 2 N–H and O–H groups in total. The molecule has 23 heavy (non-hydrogen) atoms. The van der Waals surface area contributed by atoms with Crippen LogP contribution in [0.1, 0.15) is 19.3 Å². The van der Waals surface area contributed by atoms with E-state index >= 15 is 0 Å². The van der Waals surface area contributed by atoms with Crippen LogP contribution in [-0.2, 0) is 10.0 Å². The van der Waals surface area contributed by atoms with Crippen molar-refractivity contribution in [3.8, 4) is 5.69 Å². The SMILES string of the molecule is Cl.NCC1CCCCN1S(=O)(=O)c1cnn(-c2ccccc2)c1. The Morgan fingerprint density at radius 2 is 1.96 bits per heavy atom. The zero-order chi connectivity index (χ0) is 15.6. The molecule has 2 heterocycles. The molecule has 1 fully saturated rings. The lowest BCUT2D eigenvalue weighted by Crippen LogP contribution is -2.47. The molecule has 6 nitrogen and oxygen atoms in total. The summed E-state index contributed by atoms with van der Waals surface area (Å²) >= 11 is 0. The summed E-state index contributed by atoms with van der Waals surface area (Å²) in [4.78, 5) is 0.219. The summed E-state index contributed by atoms with van der Waals surface area (Å²) in [7, 11) is -3.54. The molecule has 1 aliphatic heterocycles. The Bertz CT molecular complexity index is 733. The van der Waals surface area contributed by atoms with Crippen LogP contribution < -0.4 is 5.73 Å². The van der Waals surface area contributed by atoms with Crippen molar-refractivity contribution >= 4 is 22.4 Å². The van der Waals surface area contributed by atoms with Crippen LogP contribution in [0.4, 0.5) is 0 Å². The van der Waals surface area contributed by atoms with E-state index in [0.717, 1.165) is 24.9 Å². The average Bonchev–Trinajstić information content (AvgIpc) is 3.06. The fraction of sp³-hybridized carbons (Fsp3) is 0.400. The van der Waals surface area contributed by atoms with Gasteiger partial charge in [-0.05, 0) is 25.0 Å². The van der Waals surface area contributed by atoms with Gasteiger partial charge in [0.15, 0.2) is 0 Å². The number of para-hydroxylation sites is 1. The van der Waals surface area contributed by atoms with Crippen LogP contribution in [0.2, 0.25) is 0 Å². The molecular formula is C15H21ClN4O2S. The number of hydrogen-bond donors (Lipinski definition) is 1. The molecule has 1 aliphatic rings. The van der Waals surface area contributed by atoms with Gasteiger partial charge in [-0.15, -0.1) is 12.4 Å². The van der Waals surface area contributed by atoms with E-state index in [1.807, 2.05) is 30.3 Å². The molecule has 0 saturated carbocycles. The van der Waals surface area contributed by atoms with Crippen LogP contribution in [0, 0.1) is 0 Å². The van der Waals surface area contributed by atoms with Crippen molar-refractivity contribution in [1.82, 2.24) is 14.1 Å². The van der Waals surface area contributed by atoms with Crippen LogP contribution in [0.25, 0.3) is 5.69 Å². The fourth-order valence-electron chi connectivity index (χ4n) is 2.82. The molecular weight excluding hydrogens is 336 g/mol. The van der Waals surface area contributed by atoms with E-state index in [-0.39, 0.29) is 23.3 Å². The van der Waals surface area contributed by atoms with Crippen molar-refractivity contribution in [3.63, 3.8) is 0 Å². The zero-order valence-electron chi connectivity index (χ0n) is 12.7. The number of piperidine rings is 1. The van der Waals surface area contributed by atoms with E-state index in [2.05, 4.69) is 5.10 Å². The maximum Gasteiger partial charge on any atom is 0.246 e. The van der Waals surface area contributed by atoms with E-state index in [1.54, 1.807) is 10.9 Å². The van der Waals surface area contributed by atoms with Gasteiger partial charge in [-0.3, -0.25) is 0 Å². The predicted molar refractivity (Wildman–Crippen MR) is 91.4 cm³/mol. The minimum absolute atomic E-state index is 0. The topological polar surface area (TPSA) is 81.2 Å². The number of halogens is 1. The van der Waals surface area contributed by atoms with Crippen molar-refractivity contribution in [1.29, 1.82) is 0 Å². The molecule has 1 unspecified atom stereocenters. The lowest BCUT2D eigenvalue weighted by atomic mass is 10.1. The second-order valence-corrected chi connectivity index (χ2v) is 7.35. The van der Waals surface area contributed by atoms with Gasteiger partial charge in [-0.25, -0.2) is 13.1 Å². The second kappa shape index (κ2) is 7.44. The molecule has 3 rings (SSSR count). The summed E-state index contributed by atoms with van der Waals surface area (Å²) in [5.74, 6) is 0. The third-order valence-corrected chi connectivity index (χ3v) is 5.94. The lowest BCUT2D eigenvalue weighted by molar-refractivity contribution is 0.257. The molecule has 0 bridgehead atoms. The Hall–Kier alpha value is -1.41. The number of aromatic nitrogens is 2. The van der Waals surface area contributed by atoms with Gasteiger partial charge in [0.05, 0.1) is 18.1 Å². The van der Waals surface area contributed by atoms with Crippen LogP contribution in [0.5, 0.6) is 0 Å². The van der Waals surface area contributed by atoms with E-state index < -0.39 is 10.0 Å². The third kappa shape index (κ3) is 3.58. The molecule has 1 aromatic carbocycles. The maximum absolute atomic E-state index is 12.8. The molecule has 1 atom stereocenters. The highest BCUT2D eigenvalue weighted by Crippen LogP contribution is 2.25. The van der Waals surface area contributed by atoms with Crippen LogP contribution in [0.15, 0.2) is 47.6 Å². The molecule has 1 saturated heterocycles. The maximum atomic E-state index is 12.8. The normalized spacial score (nSPS) is 19.3. The van der Waals surface area contributed by atoms with E-state index in [9.17, 15) is 8.42 Å². The van der Waals surface area contributed by atoms with Gasteiger partial charge in [0.1, 0.15) is 4.90 Å². The van der Waals surface area contributed by atoms with Gasteiger partial charge in [0.25, 0.3) is 0 Å². The number of hydrogen-bond acceptors (Lipinski definition) is 4. The summed E-state index contributed by atoms with van der Waals surface area (Å²) < 4.78 is 28.7. The summed E-state index contributed by atoms with van der Waals surface area (Å²) in [6, 6.07) is 9.34. The third-order valence-electron chi connectivity index (χ3n) is 4.03. The summed E-state index contributed by atoms with van der Waals surface area (Å²) in [5.41, 5.74) is 6.57. The minimum Gasteiger partial charge on any atom is -0.329 e. The van der Waals surface area contributed by atoms with Crippen LogP contribution in [-0.4, -0.2) is 41.6 Å². The summed E-state index contributed by atoms with van der Waals surface area (Å²) in [6.45, 7) is 0.882. The molecule has 0 radical (unpaired) electrons. The van der Waals surface area contributed by atoms with E-state index in [0.29, 0.717) is 13.1 Å².